The summed E-state index contributed by atoms with van der Waals surface area (Å²) >= 11 is 0. The Morgan fingerprint density at radius 1 is 1.10 bits per heavy atom. The lowest BCUT2D eigenvalue weighted by atomic mass is 9.81. The zero-order valence-corrected chi connectivity index (χ0v) is 22.1. The number of nitrogens with zero attached hydrogens (tertiary/aromatic N) is 5. The standard InChI is InChI=1S/C30H32N6O4/c31-35-33-26-12-5-4-11-24(26)21-30(29(38)34-36-17-6-7-18-36)27(22-9-2-1-3-10-22)40-28(32-30)23-13-15-25(16-14-23)39-20-8-19-37/h1-5,9-16,27,37H,6-8,17-21H2,(H,34,38)/t27-,30-/m0/s1. The van der Waals surface area contributed by atoms with E-state index in [-0.39, 0.29) is 18.9 Å². The smallest absolute Gasteiger partial charge is 0.266 e. The number of carbonyl (C=O) groups excluding carboxylic acids is 1. The summed E-state index contributed by atoms with van der Waals surface area (Å²) in [5, 5.41) is 14.8. The molecular formula is C30H32N6O4. The lowest BCUT2D eigenvalue weighted by Crippen LogP contribution is -2.54. The molecule has 1 fully saturated rings. The topological polar surface area (TPSA) is 132 Å². The molecule has 0 unspecified atom stereocenters. The highest BCUT2D eigenvalue weighted by atomic mass is 16.5. The molecule has 5 rings (SSSR count). The van der Waals surface area contributed by atoms with Crippen molar-refractivity contribution in [3.05, 3.63) is 106 Å². The van der Waals surface area contributed by atoms with Gasteiger partial charge in [0.2, 0.25) is 5.90 Å². The molecule has 0 spiro atoms. The summed E-state index contributed by atoms with van der Waals surface area (Å²) in [5.41, 5.74) is 13.6. The Balaban J connectivity index is 1.58. The quantitative estimate of drug-likeness (QED) is 0.153. The van der Waals surface area contributed by atoms with Crippen LogP contribution in [0.15, 0.2) is 89.0 Å². The molecule has 2 N–H and O–H groups in total. The molecule has 2 aliphatic heterocycles. The number of rotatable bonds is 11. The first-order valence-electron chi connectivity index (χ1n) is 13.5. The second-order valence-corrected chi connectivity index (χ2v) is 9.83. The summed E-state index contributed by atoms with van der Waals surface area (Å²) in [7, 11) is 0. The van der Waals surface area contributed by atoms with Gasteiger partial charge in [-0.05, 0) is 53.8 Å². The molecule has 0 saturated carbocycles. The van der Waals surface area contributed by atoms with Crippen molar-refractivity contribution in [2.45, 2.75) is 37.3 Å². The predicted molar refractivity (Wildman–Crippen MR) is 151 cm³/mol. The maximum absolute atomic E-state index is 14.3. The Morgan fingerprint density at radius 3 is 2.55 bits per heavy atom. The molecule has 2 aliphatic rings. The van der Waals surface area contributed by atoms with Crippen molar-refractivity contribution in [1.82, 2.24) is 10.4 Å². The van der Waals surface area contributed by atoms with Gasteiger partial charge < -0.3 is 14.6 Å². The Kier molecular flexibility index (Phi) is 8.61. The second kappa shape index (κ2) is 12.7. The van der Waals surface area contributed by atoms with Gasteiger partial charge >= 0.3 is 0 Å². The van der Waals surface area contributed by atoms with Crippen LogP contribution in [0.1, 0.15) is 42.1 Å². The van der Waals surface area contributed by atoms with Crippen molar-refractivity contribution in [1.29, 1.82) is 0 Å². The maximum Gasteiger partial charge on any atom is 0.266 e. The highest BCUT2D eigenvalue weighted by Gasteiger charge is 2.54. The summed E-state index contributed by atoms with van der Waals surface area (Å²) in [5.74, 6) is 0.725. The van der Waals surface area contributed by atoms with Crippen LogP contribution in [0, 0.1) is 0 Å². The van der Waals surface area contributed by atoms with E-state index < -0.39 is 11.6 Å². The first-order chi connectivity index (χ1) is 19.6. The fourth-order valence-corrected chi connectivity index (χ4v) is 5.08. The zero-order valence-electron chi connectivity index (χ0n) is 22.1. The van der Waals surface area contributed by atoms with E-state index in [1.165, 1.54) is 0 Å². The number of carbonyl (C=O) groups is 1. The van der Waals surface area contributed by atoms with Crippen molar-refractivity contribution >= 4 is 17.5 Å². The summed E-state index contributed by atoms with van der Waals surface area (Å²) in [6.07, 6.45) is 1.99. The number of azide groups is 1. The molecule has 3 aromatic rings. The Labute approximate surface area is 232 Å². The van der Waals surface area contributed by atoms with E-state index in [4.69, 9.17) is 19.6 Å². The van der Waals surface area contributed by atoms with Gasteiger partial charge in [0.1, 0.15) is 5.75 Å². The lowest BCUT2D eigenvalue weighted by molar-refractivity contribution is -0.133. The summed E-state index contributed by atoms with van der Waals surface area (Å²) in [6.45, 7) is 2.01. The van der Waals surface area contributed by atoms with Crippen LogP contribution >= 0.6 is 0 Å². The Bertz CT molecular complexity index is 1380. The zero-order chi connectivity index (χ0) is 27.8. The number of nitrogens with one attached hydrogen (secondary N) is 1. The minimum absolute atomic E-state index is 0.0635. The van der Waals surface area contributed by atoms with Gasteiger partial charge in [-0.3, -0.25) is 10.2 Å². The number of ether oxygens (including phenoxy) is 2. The van der Waals surface area contributed by atoms with E-state index in [9.17, 15) is 10.3 Å². The summed E-state index contributed by atoms with van der Waals surface area (Å²) in [6, 6.07) is 24.1. The van der Waals surface area contributed by atoms with Crippen molar-refractivity contribution in [3.63, 3.8) is 0 Å². The largest absolute Gasteiger partial charge is 0.494 e. The number of aliphatic hydroxyl groups is 1. The molecule has 0 aliphatic carbocycles. The van der Waals surface area contributed by atoms with E-state index in [0.29, 0.717) is 41.5 Å². The third kappa shape index (κ3) is 5.94. The Morgan fingerprint density at radius 2 is 1.82 bits per heavy atom. The van der Waals surface area contributed by atoms with Gasteiger partial charge in [-0.15, -0.1) is 0 Å². The molecular weight excluding hydrogens is 508 g/mol. The van der Waals surface area contributed by atoms with Crippen molar-refractivity contribution in [3.8, 4) is 5.75 Å². The van der Waals surface area contributed by atoms with Gasteiger partial charge in [0.05, 0.1) is 6.61 Å². The van der Waals surface area contributed by atoms with Crippen LogP contribution in [-0.2, 0) is 16.0 Å². The molecule has 0 bridgehead atoms. The second-order valence-electron chi connectivity index (χ2n) is 9.83. The SMILES string of the molecule is [N-]=[N+]=Nc1ccccc1C[C@]1(C(=O)NN2CCCC2)N=C(c2ccc(OCCCO)cc2)O[C@H]1c1ccccc1. The van der Waals surface area contributed by atoms with Gasteiger partial charge in [0.15, 0.2) is 11.6 Å². The first kappa shape index (κ1) is 27.2. The van der Waals surface area contributed by atoms with E-state index in [1.54, 1.807) is 12.1 Å². The maximum atomic E-state index is 14.3. The van der Waals surface area contributed by atoms with Crippen LogP contribution in [-0.4, -0.2) is 53.8 Å². The molecule has 3 aromatic carbocycles. The number of hydrogen-bond acceptors (Lipinski definition) is 7. The van der Waals surface area contributed by atoms with Gasteiger partial charge in [-0.1, -0.05) is 59.7 Å². The molecule has 0 radical (unpaired) electrons. The number of amides is 1. The van der Waals surface area contributed by atoms with Crippen LogP contribution < -0.4 is 10.2 Å². The van der Waals surface area contributed by atoms with Crippen LogP contribution in [0.5, 0.6) is 5.75 Å². The fourth-order valence-electron chi connectivity index (χ4n) is 5.08. The molecule has 2 heterocycles. The van der Waals surface area contributed by atoms with Crippen LogP contribution in [0.2, 0.25) is 0 Å². The number of benzene rings is 3. The summed E-state index contributed by atoms with van der Waals surface area (Å²) < 4.78 is 12.2. The number of aliphatic hydroxyl groups excluding tert-OH is 1. The molecule has 206 valence electrons. The molecule has 40 heavy (non-hydrogen) atoms. The highest BCUT2D eigenvalue weighted by Crippen LogP contribution is 2.43. The molecule has 10 nitrogen and oxygen atoms in total. The number of aliphatic imine (C=N–C) groups is 1. The molecule has 2 atom stereocenters. The average molecular weight is 541 g/mol. The lowest BCUT2D eigenvalue weighted by Gasteiger charge is -2.32. The third-order valence-electron chi connectivity index (χ3n) is 7.10. The molecule has 0 aromatic heterocycles. The van der Waals surface area contributed by atoms with Gasteiger partial charge in [-0.2, -0.15) is 0 Å². The molecule has 10 heteroatoms. The average Bonchev–Trinajstić information content (AvgIpc) is 3.64. The number of hydrogen-bond donors (Lipinski definition) is 2. The van der Waals surface area contributed by atoms with Gasteiger partial charge in [-0.25, -0.2) is 10.0 Å². The van der Waals surface area contributed by atoms with E-state index in [2.05, 4.69) is 15.5 Å². The summed E-state index contributed by atoms with van der Waals surface area (Å²) in [4.78, 5) is 22.3. The minimum Gasteiger partial charge on any atom is -0.494 e. The van der Waals surface area contributed by atoms with Crippen LogP contribution in [0.3, 0.4) is 0 Å². The third-order valence-corrected chi connectivity index (χ3v) is 7.10. The minimum atomic E-state index is -1.38. The van der Waals surface area contributed by atoms with Crippen molar-refractivity contribution in [2.75, 3.05) is 26.3 Å². The monoisotopic (exact) mass is 540 g/mol. The van der Waals surface area contributed by atoms with Gasteiger partial charge in [0.25, 0.3) is 5.91 Å². The van der Waals surface area contributed by atoms with E-state index in [1.807, 2.05) is 71.7 Å². The first-order valence-corrected chi connectivity index (χ1v) is 13.5. The van der Waals surface area contributed by atoms with E-state index in [0.717, 1.165) is 31.5 Å². The molecule has 1 saturated heterocycles. The number of hydrazine groups is 1. The van der Waals surface area contributed by atoms with Crippen molar-refractivity contribution in [2.24, 2.45) is 10.1 Å². The van der Waals surface area contributed by atoms with E-state index >= 15 is 0 Å². The fraction of sp³-hybridized carbons (Fsp3) is 0.333. The van der Waals surface area contributed by atoms with Crippen LogP contribution in [0.25, 0.3) is 10.4 Å². The van der Waals surface area contributed by atoms with Gasteiger partial charge in [0, 0.05) is 48.7 Å². The van der Waals surface area contributed by atoms with Crippen LogP contribution in [0.4, 0.5) is 5.69 Å². The highest BCUT2D eigenvalue weighted by molar-refractivity contribution is 6.01. The Hall–Kier alpha value is -4.37. The van der Waals surface area contributed by atoms with Crippen molar-refractivity contribution < 1.29 is 19.4 Å². The predicted octanol–water partition coefficient (Wildman–Crippen LogP) is 5.02. The normalized spacial score (nSPS) is 20.3. The molecule has 1 amide bonds.